The zero-order chi connectivity index (χ0) is 16.5. The van der Waals surface area contributed by atoms with E-state index in [9.17, 15) is 9.59 Å². The highest BCUT2D eigenvalue weighted by atomic mass is 16.5. The Morgan fingerprint density at radius 1 is 1.05 bits per heavy atom. The molecule has 0 saturated carbocycles. The van der Waals surface area contributed by atoms with Crippen LogP contribution >= 0.6 is 0 Å². The Labute approximate surface area is 132 Å². The highest BCUT2D eigenvalue weighted by molar-refractivity contribution is 5.79. The highest BCUT2D eigenvalue weighted by Crippen LogP contribution is 2.20. The lowest BCUT2D eigenvalue weighted by Crippen LogP contribution is -2.21. The number of carbonyl (C=O) groups is 2. The Morgan fingerprint density at radius 3 is 2.32 bits per heavy atom. The molecule has 4 heteroatoms. The molecule has 1 aromatic rings. The van der Waals surface area contributed by atoms with E-state index in [1.165, 1.54) is 0 Å². The van der Waals surface area contributed by atoms with Gasteiger partial charge in [0.2, 0.25) is 0 Å². The van der Waals surface area contributed by atoms with E-state index in [-0.39, 0.29) is 30.8 Å². The molecule has 0 aliphatic rings. The normalized spacial score (nSPS) is 12.0. The Kier molecular flexibility index (Phi) is 7.64. The van der Waals surface area contributed by atoms with E-state index in [0.717, 1.165) is 18.4 Å². The first-order chi connectivity index (χ1) is 10.4. The Balaban J connectivity index is 2.45. The van der Waals surface area contributed by atoms with Crippen molar-refractivity contribution in [3.63, 3.8) is 0 Å². The summed E-state index contributed by atoms with van der Waals surface area (Å²) in [6.07, 6.45) is 1.77. The molecule has 22 heavy (non-hydrogen) atoms. The number of hydrogen-bond acceptors (Lipinski definition) is 4. The fourth-order valence-corrected chi connectivity index (χ4v) is 1.86. The molecule has 4 nitrogen and oxygen atoms in total. The number of benzene rings is 1. The summed E-state index contributed by atoms with van der Waals surface area (Å²) in [5.74, 6) is 0.0767. The van der Waals surface area contributed by atoms with Crippen molar-refractivity contribution in [1.82, 2.24) is 0 Å². The van der Waals surface area contributed by atoms with E-state index >= 15 is 0 Å². The molecule has 0 aliphatic carbocycles. The van der Waals surface area contributed by atoms with E-state index in [1.54, 1.807) is 6.07 Å². The van der Waals surface area contributed by atoms with Crippen LogP contribution in [-0.2, 0) is 20.7 Å². The number of ether oxygens (including phenoxy) is 2. The van der Waals surface area contributed by atoms with Crippen molar-refractivity contribution in [3.05, 3.63) is 29.8 Å². The van der Waals surface area contributed by atoms with Gasteiger partial charge in [-0.3, -0.25) is 9.59 Å². The number of rotatable bonds is 8. The van der Waals surface area contributed by atoms with Crippen LogP contribution in [0.2, 0.25) is 0 Å². The van der Waals surface area contributed by atoms with E-state index < -0.39 is 5.97 Å². The van der Waals surface area contributed by atoms with Gasteiger partial charge in [0.1, 0.15) is 11.9 Å². The zero-order valence-corrected chi connectivity index (χ0v) is 13.9. The summed E-state index contributed by atoms with van der Waals surface area (Å²) >= 11 is 0. The van der Waals surface area contributed by atoms with Crippen molar-refractivity contribution in [2.45, 2.75) is 59.5 Å². The third-order valence-electron chi connectivity index (χ3n) is 3.51. The van der Waals surface area contributed by atoms with Crippen molar-refractivity contribution in [2.75, 3.05) is 0 Å². The third-order valence-corrected chi connectivity index (χ3v) is 3.51. The van der Waals surface area contributed by atoms with Gasteiger partial charge in [0.15, 0.2) is 0 Å². The average Bonchev–Trinajstić information content (AvgIpc) is 2.47. The van der Waals surface area contributed by atoms with Gasteiger partial charge in [-0.2, -0.15) is 0 Å². The molecule has 0 amide bonds. The van der Waals surface area contributed by atoms with Crippen LogP contribution in [0.4, 0.5) is 0 Å². The van der Waals surface area contributed by atoms with Crippen LogP contribution in [0.5, 0.6) is 5.75 Å². The second kappa shape index (κ2) is 9.23. The number of para-hydroxylation sites is 1. The fourth-order valence-electron chi connectivity index (χ4n) is 1.86. The standard InChI is InChI=1S/C18H26O4/c1-5-8-15-9-6-7-10-16(15)22-18(20)12-11-17(19)21-14(4)13(2)3/h6-7,9-10,13-14H,5,8,11-12H2,1-4H3. The van der Waals surface area contributed by atoms with E-state index in [0.29, 0.717) is 5.75 Å². The Hall–Kier alpha value is -1.84. The van der Waals surface area contributed by atoms with E-state index in [1.807, 2.05) is 39.0 Å². The van der Waals surface area contributed by atoms with Crippen molar-refractivity contribution < 1.29 is 19.1 Å². The molecular formula is C18H26O4. The van der Waals surface area contributed by atoms with Crippen molar-refractivity contribution in [2.24, 2.45) is 5.92 Å². The summed E-state index contributed by atoms with van der Waals surface area (Å²) in [6.45, 7) is 7.89. The van der Waals surface area contributed by atoms with Gasteiger partial charge in [-0.1, -0.05) is 45.4 Å². The quantitative estimate of drug-likeness (QED) is 0.539. The minimum Gasteiger partial charge on any atom is -0.462 e. The van der Waals surface area contributed by atoms with Crippen molar-refractivity contribution >= 4 is 11.9 Å². The molecule has 0 saturated heterocycles. The monoisotopic (exact) mass is 306 g/mol. The second-order valence-electron chi connectivity index (χ2n) is 5.77. The second-order valence-corrected chi connectivity index (χ2v) is 5.77. The highest BCUT2D eigenvalue weighted by Gasteiger charge is 2.15. The first-order valence-electron chi connectivity index (χ1n) is 7.92. The lowest BCUT2D eigenvalue weighted by atomic mass is 10.1. The van der Waals surface area contributed by atoms with Gasteiger partial charge in [-0.05, 0) is 30.9 Å². The van der Waals surface area contributed by atoms with Gasteiger partial charge >= 0.3 is 11.9 Å². The Morgan fingerprint density at radius 2 is 1.68 bits per heavy atom. The smallest absolute Gasteiger partial charge is 0.311 e. The molecule has 122 valence electrons. The largest absolute Gasteiger partial charge is 0.462 e. The minimum absolute atomic E-state index is 0.0319. The lowest BCUT2D eigenvalue weighted by Gasteiger charge is -2.16. The predicted molar refractivity (Wildman–Crippen MR) is 85.7 cm³/mol. The van der Waals surface area contributed by atoms with Crippen LogP contribution in [0.15, 0.2) is 24.3 Å². The summed E-state index contributed by atoms with van der Waals surface area (Å²) in [7, 11) is 0. The summed E-state index contributed by atoms with van der Waals surface area (Å²) in [4.78, 5) is 23.5. The number of esters is 2. The molecule has 0 bridgehead atoms. The summed E-state index contributed by atoms with van der Waals surface area (Å²) in [6, 6.07) is 7.49. The predicted octanol–water partition coefficient (Wildman–Crippen LogP) is 3.91. The molecule has 0 radical (unpaired) electrons. The molecule has 1 aromatic carbocycles. The van der Waals surface area contributed by atoms with Crippen LogP contribution in [-0.4, -0.2) is 18.0 Å². The maximum absolute atomic E-state index is 11.9. The van der Waals surface area contributed by atoms with Crippen LogP contribution in [0.1, 0.15) is 52.5 Å². The molecule has 1 atom stereocenters. The van der Waals surface area contributed by atoms with Crippen molar-refractivity contribution in [3.8, 4) is 5.75 Å². The Bertz CT molecular complexity index is 494. The van der Waals surface area contributed by atoms with E-state index in [4.69, 9.17) is 9.47 Å². The SMILES string of the molecule is CCCc1ccccc1OC(=O)CCC(=O)OC(C)C(C)C. The van der Waals surface area contributed by atoms with Gasteiger partial charge in [-0.25, -0.2) is 0 Å². The van der Waals surface area contributed by atoms with Crippen LogP contribution in [0.25, 0.3) is 0 Å². The molecule has 0 spiro atoms. The van der Waals surface area contributed by atoms with Gasteiger partial charge in [-0.15, -0.1) is 0 Å². The van der Waals surface area contributed by atoms with Gasteiger partial charge < -0.3 is 9.47 Å². The fraction of sp³-hybridized carbons (Fsp3) is 0.556. The molecule has 1 unspecified atom stereocenters. The van der Waals surface area contributed by atoms with Gasteiger partial charge in [0.25, 0.3) is 0 Å². The summed E-state index contributed by atoms with van der Waals surface area (Å²) < 4.78 is 10.6. The summed E-state index contributed by atoms with van der Waals surface area (Å²) in [5.41, 5.74) is 1.01. The van der Waals surface area contributed by atoms with Crippen LogP contribution in [0, 0.1) is 5.92 Å². The first-order valence-corrected chi connectivity index (χ1v) is 7.92. The van der Waals surface area contributed by atoms with Crippen LogP contribution < -0.4 is 4.74 Å². The molecule has 1 rings (SSSR count). The van der Waals surface area contributed by atoms with Gasteiger partial charge in [0, 0.05) is 0 Å². The maximum Gasteiger partial charge on any atom is 0.311 e. The third kappa shape index (κ3) is 6.29. The lowest BCUT2D eigenvalue weighted by molar-refractivity contribution is -0.152. The molecule has 0 N–H and O–H groups in total. The van der Waals surface area contributed by atoms with E-state index in [2.05, 4.69) is 6.92 Å². The van der Waals surface area contributed by atoms with Gasteiger partial charge in [0.05, 0.1) is 12.8 Å². The molecule has 0 fully saturated rings. The average molecular weight is 306 g/mol. The molecule has 0 aliphatic heterocycles. The topological polar surface area (TPSA) is 52.6 Å². The minimum atomic E-state index is -0.405. The summed E-state index contributed by atoms with van der Waals surface area (Å²) in [5, 5.41) is 0. The molecule has 0 aromatic heterocycles. The maximum atomic E-state index is 11.9. The molecular weight excluding hydrogens is 280 g/mol. The van der Waals surface area contributed by atoms with Crippen LogP contribution in [0.3, 0.4) is 0 Å². The number of hydrogen-bond donors (Lipinski definition) is 0. The number of aryl methyl sites for hydroxylation is 1. The molecule has 0 heterocycles. The first kappa shape index (κ1) is 18.2. The number of carbonyl (C=O) groups excluding carboxylic acids is 2. The zero-order valence-electron chi connectivity index (χ0n) is 13.9. The van der Waals surface area contributed by atoms with Crippen molar-refractivity contribution in [1.29, 1.82) is 0 Å².